The lowest BCUT2D eigenvalue weighted by atomic mass is 9.96. The number of rotatable bonds is 1. The van der Waals surface area contributed by atoms with Crippen LogP contribution in [0.4, 0.5) is 0 Å². The number of benzene rings is 1. The quantitative estimate of drug-likeness (QED) is 0.718. The summed E-state index contributed by atoms with van der Waals surface area (Å²) in [4.78, 5) is 0. The zero-order valence-corrected chi connectivity index (χ0v) is 10.8. The van der Waals surface area contributed by atoms with Crippen LogP contribution < -0.4 is 4.74 Å². The Hall–Kier alpha value is -0.250. The summed E-state index contributed by atoms with van der Waals surface area (Å²) >= 11 is 2.40. The molecule has 0 bridgehead atoms. The number of ether oxygens (including phenoxy) is 1. The van der Waals surface area contributed by atoms with Crippen molar-refractivity contribution in [2.24, 2.45) is 0 Å². The number of halogens is 1. The summed E-state index contributed by atoms with van der Waals surface area (Å²) < 4.78 is 7.14. The van der Waals surface area contributed by atoms with E-state index >= 15 is 0 Å². The van der Waals surface area contributed by atoms with Gasteiger partial charge >= 0.3 is 0 Å². The number of hydrogen-bond donors (Lipinski definition) is 0. The lowest BCUT2D eigenvalue weighted by Crippen LogP contribution is -2.12. The van der Waals surface area contributed by atoms with Crippen LogP contribution in [0.25, 0.3) is 0 Å². The molecule has 0 saturated heterocycles. The summed E-state index contributed by atoms with van der Waals surface area (Å²) in [6.45, 7) is 5.33. The highest BCUT2D eigenvalue weighted by Crippen LogP contribution is 2.36. The minimum absolute atomic E-state index is 0.554. The van der Waals surface area contributed by atoms with Crippen LogP contribution in [-0.4, -0.2) is 6.61 Å². The maximum absolute atomic E-state index is 5.79. The molecule has 0 aromatic heterocycles. The molecule has 2 heteroatoms. The van der Waals surface area contributed by atoms with Gasteiger partial charge in [0.05, 0.1) is 6.61 Å². The minimum Gasteiger partial charge on any atom is -0.493 e. The van der Waals surface area contributed by atoms with Crippen LogP contribution in [0.3, 0.4) is 0 Å². The Morgan fingerprint density at radius 2 is 2.14 bits per heavy atom. The van der Waals surface area contributed by atoms with Gasteiger partial charge in [0.2, 0.25) is 0 Å². The first-order valence-corrected chi connectivity index (χ1v) is 6.22. The highest BCUT2D eigenvalue weighted by molar-refractivity contribution is 14.1. The van der Waals surface area contributed by atoms with Crippen molar-refractivity contribution in [3.05, 3.63) is 26.8 Å². The normalized spacial score (nSPS) is 15.1. The molecule has 1 aliphatic rings. The van der Waals surface area contributed by atoms with Gasteiger partial charge in [-0.05, 0) is 53.0 Å². The summed E-state index contributed by atoms with van der Waals surface area (Å²) in [6, 6.07) is 4.42. The third-order valence-corrected chi connectivity index (χ3v) is 3.68. The van der Waals surface area contributed by atoms with Gasteiger partial charge in [0.1, 0.15) is 5.75 Å². The van der Waals surface area contributed by atoms with Crippen molar-refractivity contribution < 1.29 is 4.74 Å². The largest absolute Gasteiger partial charge is 0.493 e. The molecule has 1 aromatic carbocycles. The molecule has 0 spiro atoms. The van der Waals surface area contributed by atoms with Crippen molar-refractivity contribution in [1.82, 2.24) is 0 Å². The first-order valence-electron chi connectivity index (χ1n) is 5.14. The molecule has 0 N–H and O–H groups in total. The molecule has 0 saturated carbocycles. The van der Waals surface area contributed by atoms with Gasteiger partial charge in [0, 0.05) is 9.13 Å². The van der Waals surface area contributed by atoms with E-state index < -0.39 is 0 Å². The smallest absolute Gasteiger partial charge is 0.126 e. The molecule has 0 radical (unpaired) electrons. The molecule has 76 valence electrons. The second kappa shape index (κ2) is 4.09. The van der Waals surface area contributed by atoms with Gasteiger partial charge in [-0.1, -0.05) is 19.9 Å². The Balaban J connectivity index is 2.53. The summed E-state index contributed by atoms with van der Waals surface area (Å²) in [5.74, 6) is 1.72. The predicted molar refractivity (Wildman–Crippen MR) is 67.1 cm³/mol. The summed E-state index contributed by atoms with van der Waals surface area (Å²) in [5, 5.41) is 0. The van der Waals surface area contributed by atoms with Crippen molar-refractivity contribution in [2.45, 2.75) is 32.6 Å². The lowest BCUT2D eigenvalue weighted by Gasteiger charge is -2.23. The van der Waals surface area contributed by atoms with Crippen molar-refractivity contribution in [2.75, 3.05) is 6.61 Å². The Kier molecular flexibility index (Phi) is 3.00. The Morgan fingerprint density at radius 1 is 1.36 bits per heavy atom. The monoisotopic (exact) mass is 302 g/mol. The average Bonchev–Trinajstić information content (AvgIpc) is 2.18. The van der Waals surface area contributed by atoms with E-state index in [1.165, 1.54) is 21.1 Å². The highest BCUT2D eigenvalue weighted by Gasteiger charge is 2.18. The van der Waals surface area contributed by atoms with Crippen LogP contribution in [0.15, 0.2) is 12.1 Å². The molecule has 1 aromatic rings. The lowest BCUT2D eigenvalue weighted by molar-refractivity contribution is 0.283. The molecular weight excluding hydrogens is 287 g/mol. The van der Waals surface area contributed by atoms with Crippen LogP contribution in [-0.2, 0) is 6.42 Å². The van der Waals surface area contributed by atoms with Gasteiger partial charge in [-0.15, -0.1) is 0 Å². The molecule has 0 fully saturated rings. The van der Waals surface area contributed by atoms with Crippen molar-refractivity contribution >= 4 is 22.6 Å². The van der Waals surface area contributed by atoms with Crippen molar-refractivity contribution in [1.29, 1.82) is 0 Å². The molecule has 0 amide bonds. The maximum atomic E-state index is 5.79. The molecule has 2 rings (SSSR count). The highest BCUT2D eigenvalue weighted by atomic mass is 127. The van der Waals surface area contributed by atoms with Crippen molar-refractivity contribution in [3.63, 3.8) is 0 Å². The van der Waals surface area contributed by atoms with Gasteiger partial charge in [-0.3, -0.25) is 0 Å². The predicted octanol–water partition coefficient (Wildman–Crippen LogP) is 3.74. The fourth-order valence-electron chi connectivity index (χ4n) is 1.90. The van der Waals surface area contributed by atoms with E-state index in [0.717, 1.165) is 18.8 Å². The zero-order chi connectivity index (χ0) is 10.1. The summed E-state index contributed by atoms with van der Waals surface area (Å²) in [7, 11) is 0. The minimum atomic E-state index is 0.554. The van der Waals surface area contributed by atoms with E-state index in [9.17, 15) is 0 Å². The van der Waals surface area contributed by atoms with Crippen LogP contribution in [0.2, 0.25) is 0 Å². The van der Waals surface area contributed by atoms with Gasteiger partial charge in [-0.25, -0.2) is 0 Å². The molecule has 1 nitrogen and oxygen atoms in total. The molecular formula is C12H15IO. The van der Waals surface area contributed by atoms with E-state index in [-0.39, 0.29) is 0 Å². The van der Waals surface area contributed by atoms with Crippen LogP contribution >= 0.6 is 22.6 Å². The first kappa shape index (κ1) is 10.3. The standard InChI is InChI=1S/C12H15IO/c1-8(2)9-5-6-11(13)10-4-3-7-14-12(9)10/h5-6,8H,3-4,7H2,1-2H3. The van der Waals surface area contributed by atoms with Crippen LogP contribution in [0.1, 0.15) is 37.3 Å². The third kappa shape index (κ3) is 1.76. The van der Waals surface area contributed by atoms with Gasteiger partial charge in [0.15, 0.2) is 0 Å². The molecule has 0 atom stereocenters. The van der Waals surface area contributed by atoms with Gasteiger partial charge in [-0.2, -0.15) is 0 Å². The van der Waals surface area contributed by atoms with E-state index in [1.54, 1.807) is 0 Å². The summed E-state index contributed by atoms with van der Waals surface area (Å²) in [5.41, 5.74) is 2.78. The molecule has 0 unspecified atom stereocenters. The molecule has 0 aliphatic carbocycles. The topological polar surface area (TPSA) is 9.23 Å². The number of hydrogen-bond acceptors (Lipinski definition) is 1. The van der Waals surface area contributed by atoms with Crippen LogP contribution in [0, 0.1) is 3.57 Å². The maximum Gasteiger partial charge on any atom is 0.126 e. The number of fused-ring (bicyclic) bond motifs is 1. The molecule has 1 aliphatic heterocycles. The fraction of sp³-hybridized carbons (Fsp3) is 0.500. The van der Waals surface area contributed by atoms with Crippen LogP contribution in [0.5, 0.6) is 5.75 Å². The Bertz CT molecular complexity index is 344. The third-order valence-electron chi connectivity index (χ3n) is 2.67. The van der Waals surface area contributed by atoms with Gasteiger partial charge in [0.25, 0.3) is 0 Å². The second-order valence-corrected chi connectivity index (χ2v) is 5.21. The average molecular weight is 302 g/mol. The van der Waals surface area contributed by atoms with E-state index in [0.29, 0.717) is 5.92 Å². The Labute approximate surface area is 99.0 Å². The van der Waals surface area contributed by atoms with E-state index in [4.69, 9.17) is 4.74 Å². The van der Waals surface area contributed by atoms with Gasteiger partial charge < -0.3 is 4.74 Å². The Morgan fingerprint density at radius 3 is 2.86 bits per heavy atom. The zero-order valence-electron chi connectivity index (χ0n) is 8.64. The molecule has 14 heavy (non-hydrogen) atoms. The SMILES string of the molecule is CC(C)c1ccc(I)c2c1OCCC2. The van der Waals surface area contributed by atoms with E-state index in [2.05, 4.69) is 48.6 Å². The first-order chi connectivity index (χ1) is 6.70. The van der Waals surface area contributed by atoms with Crippen molar-refractivity contribution in [3.8, 4) is 5.75 Å². The molecule has 1 heterocycles. The fourth-order valence-corrected chi connectivity index (χ4v) is 2.60. The van der Waals surface area contributed by atoms with E-state index in [1.807, 2.05) is 0 Å². The summed E-state index contributed by atoms with van der Waals surface area (Å²) in [6.07, 6.45) is 2.33. The second-order valence-electron chi connectivity index (χ2n) is 4.05.